The van der Waals surface area contributed by atoms with Gasteiger partial charge in [0.25, 0.3) is 0 Å². The van der Waals surface area contributed by atoms with Crippen molar-refractivity contribution in [2.24, 2.45) is 0 Å². The maximum atomic E-state index is 11.9. The summed E-state index contributed by atoms with van der Waals surface area (Å²) in [6.07, 6.45) is 3.81. The van der Waals surface area contributed by atoms with Gasteiger partial charge in [-0.15, -0.1) is 11.3 Å². The standard InChI is InChI=1S/C11H14BrNOS/c1-13(8-3-2-4-8)7-9(14)10-5-6-11(12)15-10/h5-6,8H,2-4,7H2,1H3. The highest BCUT2D eigenvalue weighted by molar-refractivity contribution is 9.11. The number of ketones is 1. The smallest absolute Gasteiger partial charge is 0.186 e. The van der Waals surface area contributed by atoms with Crippen LogP contribution in [-0.4, -0.2) is 30.3 Å². The molecule has 1 aliphatic rings. The first-order valence-corrected chi connectivity index (χ1v) is 6.76. The van der Waals surface area contributed by atoms with Crippen LogP contribution in [0.15, 0.2) is 15.9 Å². The van der Waals surface area contributed by atoms with Crippen LogP contribution in [-0.2, 0) is 0 Å². The fourth-order valence-corrected chi connectivity index (χ4v) is 3.04. The molecule has 2 rings (SSSR count). The summed E-state index contributed by atoms with van der Waals surface area (Å²) in [5, 5.41) is 0. The normalized spacial score (nSPS) is 16.7. The second kappa shape index (κ2) is 4.76. The van der Waals surface area contributed by atoms with Crippen LogP contribution in [0.1, 0.15) is 28.9 Å². The Morgan fingerprint density at radius 2 is 2.33 bits per heavy atom. The largest absolute Gasteiger partial charge is 0.296 e. The maximum absolute atomic E-state index is 11.9. The van der Waals surface area contributed by atoms with Gasteiger partial charge in [-0.05, 0) is 48.0 Å². The Morgan fingerprint density at radius 3 is 2.80 bits per heavy atom. The van der Waals surface area contributed by atoms with Crippen molar-refractivity contribution in [2.45, 2.75) is 25.3 Å². The lowest BCUT2D eigenvalue weighted by Gasteiger charge is -2.34. The summed E-state index contributed by atoms with van der Waals surface area (Å²) in [4.78, 5) is 14.9. The van der Waals surface area contributed by atoms with Crippen LogP contribution in [0.25, 0.3) is 0 Å². The van der Waals surface area contributed by atoms with Crippen molar-refractivity contribution >= 4 is 33.0 Å². The van der Waals surface area contributed by atoms with E-state index in [1.165, 1.54) is 30.6 Å². The van der Waals surface area contributed by atoms with E-state index < -0.39 is 0 Å². The number of carbonyl (C=O) groups excluding carboxylic acids is 1. The van der Waals surface area contributed by atoms with Crippen LogP contribution < -0.4 is 0 Å². The first kappa shape index (κ1) is 11.3. The number of hydrogen-bond acceptors (Lipinski definition) is 3. The molecule has 1 saturated carbocycles. The Morgan fingerprint density at radius 1 is 1.60 bits per heavy atom. The lowest BCUT2D eigenvalue weighted by molar-refractivity contribution is 0.0874. The highest BCUT2D eigenvalue weighted by Crippen LogP contribution is 2.25. The predicted molar refractivity (Wildman–Crippen MR) is 66.6 cm³/mol. The minimum Gasteiger partial charge on any atom is -0.296 e. The molecule has 0 atom stereocenters. The van der Waals surface area contributed by atoms with E-state index in [-0.39, 0.29) is 5.78 Å². The van der Waals surface area contributed by atoms with Crippen molar-refractivity contribution < 1.29 is 4.79 Å². The molecule has 1 fully saturated rings. The third-order valence-electron chi connectivity index (χ3n) is 2.94. The van der Waals surface area contributed by atoms with Crippen molar-refractivity contribution in [2.75, 3.05) is 13.6 Å². The van der Waals surface area contributed by atoms with Crippen molar-refractivity contribution in [3.05, 3.63) is 20.8 Å². The van der Waals surface area contributed by atoms with Crippen LogP contribution in [0, 0.1) is 0 Å². The number of thiophene rings is 1. The molecular weight excluding hydrogens is 274 g/mol. The molecule has 0 unspecified atom stereocenters. The highest BCUT2D eigenvalue weighted by Gasteiger charge is 2.23. The van der Waals surface area contributed by atoms with E-state index in [4.69, 9.17) is 0 Å². The number of hydrogen-bond donors (Lipinski definition) is 0. The molecule has 0 aromatic carbocycles. The Bertz CT molecular complexity index is 359. The summed E-state index contributed by atoms with van der Waals surface area (Å²) in [6.45, 7) is 0.553. The number of carbonyl (C=O) groups is 1. The van der Waals surface area contributed by atoms with Crippen LogP contribution in [0.3, 0.4) is 0 Å². The first-order chi connectivity index (χ1) is 7.16. The molecule has 0 N–H and O–H groups in total. The summed E-state index contributed by atoms with van der Waals surface area (Å²) in [6, 6.07) is 4.46. The molecule has 2 nitrogen and oxygen atoms in total. The average molecular weight is 288 g/mol. The summed E-state index contributed by atoms with van der Waals surface area (Å²) < 4.78 is 1.03. The van der Waals surface area contributed by atoms with Crippen molar-refractivity contribution in [3.8, 4) is 0 Å². The lowest BCUT2D eigenvalue weighted by atomic mass is 9.92. The molecule has 0 aliphatic heterocycles. The third-order valence-corrected chi connectivity index (χ3v) is 4.60. The monoisotopic (exact) mass is 287 g/mol. The average Bonchev–Trinajstić information content (AvgIpc) is 2.48. The van der Waals surface area contributed by atoms with Crippen molar-refractivity contribution in [1.29, 1.82) is 0 Å². The quantitative estimate of drug-likeness (QED) is 0.793. The molecule has 0 saturated heterocycles. The Labute approximate surface area is 102 Å². The van der Waals surface area contributed by atoms with E-state index in [2.05, 4.69) is 20.8 Å². The molecule has 4 heteroatoms. The maximum Gasteiger partial charge on any atom is 0.186 e. The molecule has 0 amide bonds. The Balaban J connectivity index is 1.91. The molecule has 15 heavy (non-hydrogen) atoms. The molecule has 1 aliphatic carbocycles. The van der Waals surface area contributed by atoms with E-state index in [0.717, 1.165) is 8.66 Å². The Kier molecular flexibility index (Phi) is 3.59. The number of halogens is 1. The van der Waals surface area contributed by atoms with Gasteiger partial charge in [0, 0.05) is 6.04 Å². The lowest BCUT2D eigenvalue weighted by Crippen LogP contribution is -2.40. The van der Waals surface area contributed by atoms with Gasteiger partial charge in [0.15, 0.2) is 5.78 Å². The molecule has 1 heterocycles. The summed E-state index contributed by atoms with van der Waals surface area (Å²) in [7, 11) is 2.05. The molecule has 82 valence electrons. The van der Waals surface area contributed by atoms with E-state index in [9.17, 15) is 4.79 Å². The fraction of sp³-hybridized carbons (Fsp3) is 0.545. The fourth-order valence-electron chi connectivity index (χ4n) is 1.73. The molecule has 1 aromatic rings. The minimum absolute atomic E-state index is 0.236. The van der Waals surface area contributed by atoms with Gasteiger partial charge >= 0.3 is 0 Å². The Hall–Kier alpha value is -0.190. The third kappa shape index (κ3) is 2.68. The molecule has 0 spiro atoms. The number of nitrogens with zero attached hydrogens (tertiary/aromatic N) is 1. The number of Topliss-reactive ketones (excluding diaryl/α,β-unsaturated/α-hetero) is 1. The van der Waals surface area contributed by atoms with Gasteiger partial charge in [0.05, 0.1) is 15.2 Å². The second-order valence-electron chi connectivity index (χ2n) is 4.03. The summed E-state index contributed by atoms with van der Waals surface area (Å²) in [5.41, 5.74) is 0. The second-order valence-corrected chi connectivity index (χ2v) is 6.49. The van der Waals surface area contributed by atoms with E-state index in [1.807, 2.05) is 19.2 Å². The van der Waals surface area contributed by atoms with Crippen molar-refractivity contribution in [1.82, 2.24) is 4.90 Å². The predicted octanol–water partition coefficient (Wildman–Crippen LogP) is 3.18. The zero-order valence-corrected chi connectivity index (χ0v) is 11.1. The SMILES string of the molecule is CN(CC(=O)c1ccc(Br)s1)C1CCC1. The summed E-state index contributed by atoms with van der Waals surface area (Å²) in [5.74, 6) is 0.236. The highest BCUT2D eigenvalue weighted by atomic mass is 79.9. The first-order valence-electron chi connectivity index (χ1n) is 5.15. The molecular formula is C11H14BrNOS. The van der Waals surface area contributed by atoms with Crippen LogP contribution in [0.2, 0.25) is 0 Å². The zero-order valence-electron chi connectivity index (χ0n) is 8.70. The topological polar surface area (TPSA) is 20.3 Å². The zero-order chi connectivity index (χ0) is 10.8. The molecule has 0 radical (unpaired) electrons. The number of likely N-dealkylation sites (N-methyl/N-ethyl adjacent to an activating group) is 1. The van der Waals surface area contributed by atoms with E-state index >= 15 is 0 Å². The van der Waals surface area contributed by atoms with Crippen LogP contribution in [0.4, 0.5) is 0 Å². The molecule has 0 bridgehead atoms. The van der Waals surface area contributed by atoms with Gasteiger partial charge in [-0.25, -0.2) is 0 Å². The van der Waals surface area contributed by atoms with Gasteiger partial charge in [-0.1, -0.05) is 6.42 Å². The van der Waals surface area contributed by atoms with Crippen LogP contribution >= 0.6 is 27.3 Å². The molecule has 1 aromatic heterocycles. The van der Waals surface area contributed by atoms with Gasteiger partial charge in [0.2, 0.25) is 0 Å². The minimum atomic E-state index is 0.236. The van der Waals surface area contributed by atoms with Gasteiger partial charge < -0.3 is 0 Å². The number of rotatable bonds is 4. The van der Waals surface area contributed by atoms with Crippen molar-refractivity contribution in [3.63, 3.8) is 0 Å². The van der Waals surface area contributed by atoms with E-state index in [1.54, 1.807) is 0 Å². The van der Waals surface area contributed by atoms with Gasteiger partial charge in [0.1, 0.15) is 0 Å². The van der Waals surface area contributed by atoms with Crippen LogP contribution in [0.5, 0.6) is 0 Å². The van der Waals surface area contributed by atoms with Gasteiger partial charge in [-0.3, -0.25) is 9.69 Å². The van der Waals surface area contributed by atoms with Gasteiger partial charge in [-0.2, -0.15) is 0 Å². The summed E-state index contributed by atoms with van der Waals surface area (Å²) >= 11 is 4.89. The van der Waals surface area contributed by atoms with E-state index in [0.29, 0.717) is 12.6 Å².